The van der Waals surface area contributed by atoms with E-state index < -0.39 is 0 Å². The van der Waals surface area contributed by atoms with Crippen molar-refractivity contribution in [2.24, 2.45) is 0 Å². The van der Waals surface area contributed by atoms with Crippen molar-refractivity contribution in [3.8, 4) is 0 Å². The van der Waals surface area contributed by atoms with E-state index in [1.54, 1.807) is 7.11 Å². The summed E-state index contributed by atoms with van der Waals surface area (Å²) in [5.41, 5.74) is 1.16. The minimum atomic E-state index is -0.0110. The molecule has 0 aliphatic rings. The van der Waals surface area contributed by atoms with E-state index in [1.165, 1.54) is 4.90 Å². The van der Waals surface area contributed by atoms with Crippen LogP contribution in [-0.2, 0) is 4.74 Å². The maximum absolute atomic E-state index is 5.29. The Bertz CT molecular complexity index is 280. The van der Waals surface area contributed by atoms with Crippen LogP contribution in [-0.4, -0.2) is 19.4 Å². The van der Waals surface area contributed by atoms with E-state index in [1.807, 2.05) is 18.8 Å². The lowest BCUT2D eigenvalue weighted by Crippen LogP contribution is -2.17. The molecule has 0 aliphatic carbocycles. The second-order valence-electron chi connectivity index (χ2n) is 3.64. The van der Waals surface area contributed by atoms with Gasteiger partial charge in [0.15, 0.2) is 0 Å². The Labute approximate surface area is 96.4 Å². The molecule has 1 atom stereocenters. The van der Waals surface area contributed by atoms with Gasteiger partial charge in [-0.2, -0.15) is 0 Å². The second kappa shape index (κ2) is 6.16. The Morgan fingerprint density at radius 1 is 1.20 bits per heavy atom. The van der Waals surface area contributed by atoms with Gasteiger partial charge >= 0.3 is 0 Å². The molecule has 1 unspecified atom stereocenters. The molecule has 0 bridgehead atoms. The third-order valence-corrected chi connectivity index (χ3v) is 3.07. The molecule has 3 heteroatoms. The summed E-state index contributed by atoms with van der Waals surface area (Å²) >= 11 is 1.87. The molecule has 1 aromatic carbocycles. The molecule has 0 amide bonds. The lowest BCUT2D eigenvalue weighted by atomic mass is 10.2. The first kappa shape index (κ1) is 12.6. The normalized spacial score (nSPS) is 13.1. The summed E-state index contributed by atoms with van der Waals surface area (Å²) in [6.45, 7) is 4.40. The van der Waals surface area contributed by atoms with Crippen LogP contribution in [0.2, 0.25) is 0 Å². The monoisotopic (exact) mass is 225 g/mol. The molecule has 15 heavy (non-hydrogen) atoms. The Morgan fingerprint density at radius 3 is 2.20 bits per heavy atom. The van der Waals surface area contributed by atoms with Crippen molar-refractivity contribution < 1.29 is 4.74 Å². The predicted octanol–water partition coefficient (Wildman–Crippen LogP) is 3.05. The minimum absolute atomic E-state index is 0.0110. The fraction of sp³-hybridized carbons (Fsp3) is 0.500. The summed E-state index contributed by atoms with van der Waals surface area (Å²) in [4.78, 5) is 1.31. The van der Waals surface area contributed by atoms with E-state index in [2.05, 4.69) is 43.4 Å². The Kier molecular flexibility index (Phi) is 5.15. The number of rotatable bonds is 5. The summed E-state index contributed by atoms with van der Waals surface area (Å²) in [7, 11) is 3.60. The van der Waals surface area contributed by atoms with Crippen LogP contribution in [0.5, 0.6) is 0 Å². The van der Waals surface area contributed by atoms with Crippen molar-refractivity contribution in [1.82, 2.24) is 5.32 Å². The van der Waals surface area contributed by atoms with Gasteiger partial charge in [0.2, 0.25) is 0 Å². The molecule has 0 fully saturated rings. The SMILES string of the molecule is CNC(OC)c1ccc(SC(C)C)cc1. The maximum atomic E-state index is 5.29. The average Bonchev–Trinajstić information content (AvgIpc) is 2.21. The van der Waals surface area contributed by atoms with E-state index in [0.29, 0.717) is 5.25 Å². The van der Waals surface area contributed by atoms with Crippen molar-refractivity contribution in [3.05, 3.63) is 29.8 Å². The van der Waals surface area contributed by atoms with E-state index in [0.717, 1.165) is 5.56 Å². The van der Waals surface area contributed by atoms with Crippen molar-refractivity contribution in [2.45, 2.75) is 30.2 Å². The van der Waals surface area contributed by atoms with E-state index in [4.69, 9.17) is 4.74 Å². The van der Waals surface area contributed by atoms with Gasteiger partial charge in [-0.05, 0) is 24.7 Å². The highest BCUT2D eigenvalue weighted by atomic mass is 32.2. The van der Waals surface area contributed by atoms with Gasteiger partial charge in [0.25, 0.3) is 0 Å². The van der Waals surface area contributed by atoms with Crippen LogP contribution in [0.15, 0.2) is 29.2 Å². The number of hydrogen-bond donors (Lipinski definition) is 1. The Hall–Kier alpha value is -0.510. The predicted molar refractivity (Wildman–Crippen MR) is 66.2 cm³/mol. The number of nitrogens with one attached hydrogen (secondary N) is 1. The molecule has 0 radical (unpaired) electrons. The Balaban J connectivity index is 2.71. The van der Waals surface area contributed by atoms with E-state index in [9.17, 15) is 0 Å². The number of ether oxygens (including phenoxy) is 1. The molecule has 84 valence electrons. The van der Waals surface area contributed by atoms with Gasteiger partial charge in [-0.1, -0.05) is 26.0 Å². The van der Waals surface area contributed by atoms with Gasteiger partial charge in [-0.25, -0.2) is 0 Å². The quantitative estimate of drug-likeness (QED) is 0.615. The maximum Gasteiger partial charge on any atom is 0.133 e. The highest BCUT2D eigenvalue weighted by Crippen LogP contribution is 2.24. The van der Waals surface area contributed by atoms with Crippen LogP contribution in [0.3, 0.4) is 0 Å². The van der Waals surface area contributed by atoms with Gasteiger partial charge < -0.3 is 4.74 Å². The molecular weight excluding hydrogens is 206 g/mol. The van der Waals surface area contributed by atoms with Crippen LogP contribution in [0.25, 0.3) is 0 Å². The fourth-order valence-corrected chi connectivity index (χ4v) is 2.25. The molecule has 0 saturated heterocycles. The minimum Gasteiger partial charge on any atom is -0.362 e. The van der Waals surface area contributed by atoms with Gasteiger partial charge in [0.1, 0.15) is 6.23 Å². The van der Waals surface area contributed by atoms with Gasteiger partial charge in [0, 0.05) is 17.3 Å². The molecule has 1 rings (SSSR count). The molecule has 0 aromatic heterocycles. The first-order chi connectivity index (χ1) is 7.17. The van der Waals surface area contributed by atoms with E-state index in [-0.39, 0.29) is 6.23 Å². The number of benzene rings is 1. The molecule has 0 saturated carbocycles. The summed E-state index contributed by atoms with van der Waals surface area (Å²) < 4.78 is 5.29. The number of methoxy groups -OCH3 is 1. The zero-order chi connectivity index (χ0) is 11.3. The van der Waals surface area contributed by atoms with Crippen LogP contribution < -0.4 is 5.32 Å². The van der Waals surface area contributed by atoms with Crippen molar-refractivity contribution in [2.75, 3.05) is 14.2 Å². The topological polar surface area (TPSA) is 21.3 Å². The molecule has 0 heterocycles. The lowest BCUT2D eigenvalue weighted by Gasteiger charge is -2.15. The van der Waals surface area contributed by atoms with Crippen LogP contribution >= 0.6 is 11.8 Å². The summed E-state index contributed by atoms with van der Waals surface area (Å²) in [6, 6.07) is 8.50. The largest absolute Gasteiger partial charge is 0.362 e. The third kappa shape index (κ3) is 3.86. The zero-order valence-electron chi connectivity index (χ0n) is 9.78. The first-order valence-electron chi connectivity index (χ1n) is 5.14. The molecule has 2 nitrogen and oxygen atoms in total. The molecule has 0 aliphatic heterocycles. The summed E-state index contributed by atoms with van der Waals surface area (Å²) in [6.07, 6.45) is -0.0110. The van der Waals surface area contributed by atoms with Crippen molar-refractivity contribution >= 4 is 11.8 Å². The molecule has 1 aromatic rings. The van der Waals surface area contributed by atoms with Crippen molar-refractivity contribution in [1.29, 1.82) is 0 Å². The van der Waals surface area contributed by atoms with Crippen LogP contribution in [0, 0.1) is 0 Å². The highest BCUT2D eigenvalue weighted by molar-refractivity contribution is 7.99. The van der Waals surface area contributed by atoms with Crippen molar-refractivity contribution in [3.63, 3.8) is 0 Å². The summed E-state index contributed by atoms with van der Waals surface area (Å²) in [5.74, 6) is 0. The number of thioether (sulfide) groups is 1. The first-order valence-corrected chi connectivity index (χ1v) is 6.02. The molecule has 1 N–H and O–H groups in total. The molecular formula is C12H19NOS. The second-order valence-corrected chi connectivity index (χ2v) is 5.29. The number of hydrogen-bond acceptors (Lipinski definition) is 3. The third-order valence-electron chi connectivity index (χ3n) is 2.05. The standard InChI is InChI=1S/C12H19NOS/c1-9(2)15-11-7-5-10(6-8-11)12(13-3)14-4/h5-9,12-13H,1-4H3. The smallest absolute Gasteiger partial charge is 0.133 e. The van der Waals surface area contributed by atoms with Gasteiger partial charge in [0.05, 0.1) is 0 Å². The van der Waals surface area contributed by atoms with Crippen LogP contribution in [0.4, 0.5) is 0 Å². The molecule has 0 spiro atoms. The lowest BCUT2D eigenvalue weighted by molar-refractivity contribution is 0.0808. The fourth-order valence-electron chi connectivity index (χ4n) is 1.41. The van der Waals surface area contributed by atoms with Crippen LogP contribution in [0.1, 0.15) is 25.6 Å². The Morgan fingerprint density at radius 2 is 1.80 bits per heavy atom. The average molecular weight is 225 g/mol. The van der Waals surface area contributed by atoms with Gasteiger partial charge in [-0.3, -0.25) is 5.32 Å². The highest BCUT2D eigenvalue weighted by Gasteiger charge is 2.06. The van der Waals surface area contributed by atoms with E-state index >= 15 is 0 Å². The zero-order valence-corrected chi connectivity index (χ0v) is 10.6. The van der Waals surface area contributed by atoms with Gasteiger partial charge in [-0.15, -0.1) is 11.8 Å². The summed E-state index contributed by atoms with van der Waals surface area (Å²) in [5, 5.41) is 3.72.